The van der Waals surface area contributed by atoms with E-state index in [1.807, 2.05) is 0 Å². The van der Waals surface area contributed by atoms with Crippen molar-refractivity contribution in [3.63, 3.8) is 0 Å². The van der Waals surface area contributed by atoms with Crippen molar-refractivity contribution in [2.45, 2.75) is 32.9 Å². The maximum Gasteiger partial charge on any atom is 0.106 e. The smallest absolute Gasteiger partial charge is 0.106 e. The van der Waals surface area contributed by atoms with Crippen molar-refractivity contribution in [3.05, 3.63) is 53.1 Å². The molecule has 2 aliphatic heterocycles. The lowest BCUT2D eigenvalue weighted by atomic mass is 9.90. The number of aromatic nitrogens is 2. The molecule has 0 amide bonds. The van der Waals surface area contributed by atoms with E-state index in [1.165, 1.54) is 36.6 Å². The predicted molar refractivity (Wildman–Crippen MR) is 96.8 cm³/mol. The lowest BCUT2D eigenvalue weighted by Gasteiger charge is -2.26. The van der Waals surface area contributed by atoms with Gasteiger partial charge in [-0.05, 0) is 31.4 Å². The fourth-order valence-electron chi connectivity index (χ4n) is 4.73. The van der Waals surface area contributed by atoms with Crippen molar-refractivity contribution >= 4 is 0 Å². The summed E-state index contributed by atoms with van der Waals surface area (Å²) in [5, 5.41) is 0. The van der Waals surface area contributed by atoms with Crippen LogP contribution in [-0.2, 0) is 13.0 Å². The quantitative estimate of drug-likeness (QED) is 0.939. The van der Waals surface area contributed by atoms with Gasteiger partial charge in [-0.2, -0.15) is 0 Å². The van der Waals surface area contributed by atoms with Crippen LogP contribution in [-0.4, -0.2) is 46.4 Å². The number of hydrogen-bond donors (Lipinski definition) is 1. The minimum Gasteiger partial charge on any atom is -0.346 e. The Kier molecular flexibility index (Phi) is 4.19. The summed E-state index contributed by atoms with van der Waals surface area (Å²) in [5.74, 6) is 2.64. The molecular formula is C20H28N4. The Balaban J connectivity index is 1.49. The molecule has 2 aromatic rings. The number of H-pyrrole nitrogens is 1. The van der Waals surface area contributed by atoms with Crippen LogP contribution in [0.4, 0.5) is 0 Å². The first kappa shape index (κ1) is 15.9. The molecule has 2 aliphatic rings. The average molecular weight is 324 g/mol. The number of benzene rings is 1. The summed E-state index contributed by atoms with van der Waals surface area (Å²) in [6, 6.07) is 11.6. The summed E-state index contributed by atoms with van der Waals surface area (Å²) in [4.78, 5) is 13.3. The largest absolute Gasteiger partial charge is 0.346 e. The molecular weight excluding hydrogens is 296 g/mol. The van der Waals surface area contributed by atoms with E-state index in [-0.39, 0.29) is 0 Å². The molecule has 4 rings (SSSR count). The number of rotatable bonds is 4. The van der Waals surface area contributed by atoms with E-state index in [1.54, 1.807) is 0 Å². The van der Waals surface area contributed by atoms with Gasteiger partial charge in [-0.15, -0.1) is 0 Å². The van der Waals surface area contributed by atoms with Crippen molar-refractivity contribution in [3.8, 4) is 0 Å². The van der Waals surface area contributed by atoms with Crippen LogP contribution in [0.2, 0.25) is 0 Å². The van der Waals surface area contributed by atoms with Crippen LogP contribution in [0, 0.1) is 18.8 Å². The van der Waals surface area contributed by atoms with Crippen molar-refractivity contribution in [2.24, 2.45) is 11.8 Å². The van der Waals surface area contributed by atoms with E-state index < -0.39 is 0 Å². The maximum absolute atomic E-state index is 4.77. The molecule has 0 saturated carbocycles. The number of imidazole rings is 1. The van der Waals surface area contributed by atoms with Gasteiger partial charge in [-0.25, -0.2) is 4.98 Å². The SMILES string of the molecule is CCc1nc(CN2C[C@@H]3CN(C)[C@@H](c4ccccc4)[C@@H]3C2)c(C)[nH]1. The van der Waals surface area contributed by atoms with Gasteiger partial charge in [0.05, 0.1) is 5.69 Å². The fraction of sp³-hybridized carbons (Fsp3) is 0.550. The Morgan fingerprint density at radius 3 is 2.67 bits per heavy atom. The van der Waals surface area contributed by atoms with Crippen molar-refractivity contribution in [2.75, 3.05) is 26.7 Å². The van der Waals surface area contributed by atoms with Gasteiger partial charge < -0.3 is 4.98 Å². The zero-order valence-corrected chi connectivity index (χ0v) is 15.0. The summed E-state index contributed by atoms with van der Waals surface area (Å²) in [5.41, 5.74) is 3.94. The molecule has 128 valence electrons. The number of aromatic amines is 1. The molecule has 1 aromatic heterocycles. The number of hydrogen-bond acceptors (Lipinski definition) is 3. The van der Waals surface area contributed by atoms with E-state index in [0.29, 0.717) is 6.04 Å². The minimum atomic E-state index is 0.563. The number of fused-ring (bicyclic) bond motifs is 1. The highest BCUT2D eigenvalue weighted by Gasteiger charge is 2.45. The highest BCUT2D eigenvalue weighted by molar-refractivity contribution is 5.23. The Bertz CT molecular complexity index is 693. The predicted octanol–water partition coefficient (Wildman–Crippen LogP) is 3.02. The van der Waals surface area contributed by atoms with Crippen LogP contribution in [0.1, 0.15) is 35.7 Å². The van der Waals surface area contributed by atoms with Gasteiger partial charge in [0.15, 0.2) is 0 Å². The van der Waals surface area contributed by atoms with Crippen LogP contribution >= 0.6 is 0 Å². The van der Waals surface area contributed by atoms with Gasteiger partial charge in [-0.1, -0.05) is 37.3 Å². The second-order valence-corrected chi connectivity index (χ2v) is 7.52. The third-order valence-corrected chi connectivity index (χ3v) is 5.85. The topological polar surface area (TPSA) is 35.2 Å². The van der Waals surface area contributed by atoms with E-state index in [2.05, 4.69) is 66.0 Å². The monoisotopic (exact) mass is 324 g/mol. The summed E-state index contributed by atoms with van der Waals surface area (Å²) in [6.45, 7) is 8.89. The maximum atomic E-state index is 4.77. The van der Waals surface area contributed by atoms with Crippen LogP contribution in [0.5, 0.6) is 0 Å². The van der Waals surface area contributed by atoms with Gasteiger partial charge >= 0.3 is 0 Å². The Hall–Kier alpha value is -1.65. The highest BCUT2D eigenvalue weighted by Crippen LogP contribution is 2.44. The lowest BCUT2D eigenvalue weighted by molar-refractivity contribution is 0.223. The number of nitrogens with zero attached hydrogens (tertiary/aromatic N) is 3. The zero-order chi connectivity index (χ0) is 16.7. The molecule has 24 heavy (non-hydrogen) atoms. The summed E-state index contributed by atoms with van der Waals surface area (Å²) < 4.78 is 0. The van der Waals surface area contributed by atoms with Crippen LogP contribution in [0.15, 0.2) is 30.3 Å². The standard InChI is InChI=1S/C20H28N4/c1-4-19-21-14(2)18(22-19)13-24-11-16-10-23(3)20(17(16)12-24)15-8-6-5-7-9-15/h5-9,16-17,20H,4,10-13H2,1-3H3,(H,21,22)/t16-,17+,20-/m0/s1. The molecule has 0 bridgehead atoms. The van der Waals surface area contributed by atoms with Crippen molar-refractivity contribution in [1.29, 1.82) is 0 Å². The van der Waals surface area contributed by atoms with E-state index >= 15 is 0 Å². The molecule has 2 fully saturated rings. The molecule has 0 radical (unpaired) electrons. The lowest BCUT2D eigenvalue weighted by Crippen LogP contribution is -2.29. The van der Waals surface area contributed by atoms with Crippen molar-refractivity contribution in [1.82, 2.24) is 19.8 Å². The minimum absolute atomic E-state index is 0.563. The molecule has 3 atom stereocenters. The number of aryl methyl sites for hydroxylation is 2. The van der Waals surface area contributed by atoms with E-state index in [0.717, 1.165) is 30.6 Å². The summed E-state index contributed by atoms with van der Waals surface area (Å²) in [6.07, 6.45) is 0.979. The van der Waals surface area contributed by atoms with E-state index in [9.17, 15) is 0 Å². The molecule has 1 N–H and O–H groups in total. The Morgan fingerprint density at radius 2 is 1.96 bits per heavy atom. The molecule has 0 unspecified atom stereocenters. The molecule has 0 aliphatic carbocycles. The van der Waals surface area contributed by atoms with Crippen molar-refractivity contribution < 1.29 is 0 Å². The van der Waals surface area contributed by atoms with Gasteiger partial charge in [-0.3, -0.25) is 9.80 Å². The normalized spacial score (nSPS) is 27.7. The Morgan fingerprint density at radius 1 is 1.17 bits per heavy atom. The Labute approximate surface area is 144 Å². The third kappa shape index (κ3) is 2.78. The van der Waals surface area contributed by atoms with Crippen LogP contribution in [0.3, 0.4) is 0 Å². The number of nitrogens with one attached hydrogen (secondary N) is 1. The third-order valence-electron chi connectivity index (χ3n) is 5.85. The second kappa shape index (κ2) is 6.34. The van der Waals surface area contributed by atoms with Gasteiger partial charge in [0.1, 0.15) is 5.82 Å². The molecule has 2 saturated heterocycles. The first-order valence-electron chi connectivity index (χ1n) is 9.17. The summed E-state index contributed by atoms with van der Waals surface area (Å²) >= 11 is 0. The average Bonchev–Trinajstić information content (AvgIpc) is 3.21. The molecule has 4 heteroatoms. The molecule has 0 spiro atoms. The zero-order valence-electron chi connectivity index (χ0n) is 15.0. The molecule has 3 heterocycles. The van der Waals surface area contributed by atoms with E-state index in [4.69, 9.17) is 4.98 Å². The first-order valence-corrected chi connectivity index (χ1v) is 9.17. The molecule has 4 nitrogen and oxygen atoms in total. The van der Waals surface area contributed by atoms with Gasteiger partial charge in [0.2, 0.25) is 0 Å². The fourth-order valence-corrected chi connectivity index (χ4v) is 4.73. The van der Waals surface area contributed by atoms with Gasteiger partial charge in [0.25, 0.3) is 0 Å². The number of likely N-dealkylation sites (tertiary alicyclic amines) is 2. The summed E-state index contributed by atoms with van der Waals surface area (Å²) in [7, 11) is 2.28. The van der Waals surface area contributed by atoms with Crippen LogP contribution in [0.25, 0.3) is 0 Å². The highest BCUT2D eigenvalue weighted by atomic mass is 15.2. The van der Waals surface area contributed by atoms with Crippen LogP contribution < -0.4 is 0 Å². The molecule has 1 aromatic carbocycles. The van der Waals surface area contributed by atoms with Gasteiger partial charge in [0, 0.05) is 44.3 Å². The second-order valence-electron chi connectivity index (χ2n) is 7.52. The first-order chi connectivity index (χ1) is 11.7.